The van der Waals surface area contributed by atoms with Crippen molar-refractivity contribution in [2.45, 2.75) is 129 Å². The number of rotatable bonds is 6. The summed E-state index contributed by atoms with van der Waals surface area (Å²) >= 11 is 0. The van der Waals surface area contributed by atoms with Crippen LogP contribution in [0.4, 0.5) is 0 Å². The van der Waals surface area contributed by atoms with Gasteiger partial charge < -0.3 is 0 Å². The van der Waals surface area contributed by atoms with Gasteiger partial charge in [0.2, 0.25) is 0 Å². The first-order chi connectivity index (χ1) is 23.6. The first-order valence-corrected chi connectivity index (χ1v) is 21.7. The molecule has 8 aliphatic rings. The Kier molecular flexibility index (Phi) is 7.90. The largest absolute Gasteiger partial charge is 0.125 e. The maximum Gasteiger partial charge on any atom is 0.0213 e. The zero-order valence-electron chi connectivity index (χ0n) is 32.0. The van der Waals surface area contributed by atoms with Crippen molar-refractivity contribution in [3.63, 3.8) is 0 Å². The third-order valence-electron chi connectivity index (χ3n) is 16.3. The molecule has 0 heterocycles. The van der Waals surface area contributed by atoms with Gasteiger partial charge in [0, 0.05) is 10.3 Å². The Bertz CT molecular complexity index is 1620. The molecule has 0 aliphatic heterocycles. The van der Waals surface area contributed by atoms with Gasteiger partial charge in [-0.25, -0.2) is 0 Å². The number of hydrogen-bond donors (Lipinski definition) is 0. The molecule has 0 saturated heterocycles. The minimum atomic E-state index is -0.138. The molecule has 50 heavy (non-hydrogen) atoms. The van der Waals surface area contributed by atoms with Crippen LogP contribution in [0, 0.1) is 57.2 Å². The average molecular weight is 703 g/mol. The normalized spacial score (nSPS) is 35.8. The van der Waals surface area contributed by atoms with Gasteiger partial charge in [-0.15, -0.1) is 18.5 Å². The van der Waals surface area contributed by atoms with Gasteiger partial charge in [0.25, 0.3) is 0 Å². The first-order valence-electron chi connectivity index (χ1n) is 20.5. The molecule has 2 heteroatoms. The van der Waals surface area contributed by atoms with Gasteiger partial charge in [-0.2, -0.15) is 0 Å². The Morgan fingerprint density at radius 1 is 0.460 bits per heavy atom. The number of benzene rings is 3. The molecule has 0 spiro atoms. The maximum absolute atomic E-state index is 3.96. The second-order valence-electron chi connectivity index (χ2n) is 21.2. The van der Waals surface area contributed by atoms with Crippen LogP contribution < -0.4 is 0 Å². The molecule has 266 valence electrons. The molecule has 2 unspecified atom stereocenters. The highest BCUT2D eigenvalue weighted by atomic mass is 31.0. The quantitative estimate of drug-likeness (QED) is 0.224. The second-order valence-corrected chi connectivity index (χ2v) is 22.9. The lowest BCUT2D eigenvalue weighted by molar-refractivity contribution is -0.158. The van der Waals surface area contributed by atoms with E-state index in [4.69, 9.17) is 0 Å². The summed E-state index contributed by atoms with van der Waals surface area (Å²) in [7, 11) is 7.57. The highest BCUT2D eigenvalue weighted by Crippen LogP contribution is 2.79. The molecule has 0 aromatic heterocycles. The highest BCUT2D eigenvalue weighted by Gasteiger charge is 2.70. The van der Waals surface area contributed by atoms with Crippen LogP contribution in [0.1, 0.15) is 130 Å². The SMILES string of the molecule is CC(C)(C)C(P)(c1cc(-c2ccccc2)c(-c2ccccc2)cc1C(P)(C12CC3CC(CC(C3)C1)C2)C12CC3CC(CC(C3)C1)C2)C(C)(C)C. The van der Waals surface area contributed by atoms with Gasteiger partial charge in [-0.05, 0) is 180 Å². The van der Waals surface area contributed by atoms with E-state index in [-0.39, 0.29) is 21.1 Å². The fourth-order valence-corrected chi connectivity index (χ4v) is 16.4. The van der Waals surface area contributed by atoms with Gasteiger partial charge in [-0.3, -0.25) is 0 Å². The van der Waals surface area contributed by atoms with Crippen molar-refractivity contribution in [3.8, 4) is 22.3 Å². The third kappa shape index (κ3) is 4.88. The zero-order chi connectivity index (χ0) is 34.9. The second kappa shape index (κ2) is 11.5. The van der Waals surface area contributed by atoms with Gasteiger partial charge in [0.05, 0.1) is 0 Å². The lowest BCUT2D eigenvalue weighted by Crippen LogP contribution is -2.65. The molecule has 8 bridgehead atoms. The Morgan fingerprint density at radius 3 is 1.06 bits per heavy atom. The van der Waals surface area contributed by atoms with Crippen LogP contribution in [0.25, 0.3) is 22.3 Å². The van der Waals surface area contributed by atoms with E-state index < -0.39 is 0 Å². The molecule has 0 amide bonds. The summed E-state index contributed by atoms with van der Waals surface area (Å²) in [6.45, 7) is 15.2. The van der Waals surface area contributed by atoms with Crippen LogP contribution in [0.3, 0.4) is 0 Å². The van der Waals surface area contributed by atoms with Crippen molar-refractivity contribution < 1.29 is 0 Å². The van der Waals surface area contributed by atoms with E-state index >= 15 is 0 Å². The summed E-state index contributed by atoms with van der Waals surface area (Å²) in [4.78, 5) is 0. The van der Waals surface area contributed by atoms with E-state index in [1.807, 2.05) is 0 Å². The van der Waals surface area contributed by atoms with Crippen molar-refractivity contribution in [2.24, 2.45) is 57.2 Å². The average Bonchev–Trinajstić information content (AvgIpc) is 3.05. The molecule has 8 aliphatic carbocycles. The van der Waals surface area contributed by atoms with Crippen molar-refractivity contribution in [3.05, 3.63) is 83.9 Å². The Morgan fingerprint density at radius 2 is 0.760 bits per heavy atom. The van der Waals surface area contributed by atoms with Crippen LogP contribution in [0.5, 0.6) is 0 Å². The van der Waals surface area contributed by atoms with E-state index in [2.05, 4.69) is 133 Å². The van der Waals surface area contributed by atoms with E-state index in [0.29, 0.717) is 10.8 Å². The first kappa shape index (κ1) is 34.3. The van der Waals surface area contributed by atoms with Gasteiger partial charge in [0.15, 0.2) is 0 Å². The molecular formula is C48H64P2. The zero-order valence-corrected chi connectivity index (χ0v) is 34.3. The van der Waals surface area contributed by atoms with Crippen LogP contribution in [0.15, 0.2) is 72.8 Å². The van der Waals surface area contributed by atoms with E-state index in [1.54, 1.807) is 11.1 Å². The van der Waals surface area contributed by atoms with Crippen LogP contribution in [-0.2, 0) is 10.3 Å². The molecule has 8 saturated carbocycles. The predicted octanol–water partition coefficient (Wildman–Crippen LogP) is 13.7. The lowest BCUT2D eigenvalue weighted by Gasteiger charge is -2.72. The molecule has 3 aromatic rings. The molecule has 0 N–H and O–H groups in total. The molecule has 2 atom stereocenters. The fourth-order valence-electron chi connectivity index (χ4n) is 15.2. The maximum atomic E-state index is 3.96. The van der Waals surface area contributed by atoms with Crippen LogP contribution >= 0.6 is 18.5 Å². The van der Waals surface area contributed by atoms with Crippen LogP contribution in [0.2, 0.25) is 0 Å². The topological polar surface area (TPSA) is 0 Å². The lowest BCUT2D eigenvalue weighted by atomic mass is 9.36. The standard InChI is InChI=1S/C48H64P2/c1-43(2,3)47(49,44(4,5)6)41-23-39(37-13-9-7-10-14-37)40(38-15-11-8-12-16-38)24-42(41)48(50,45-25-31-17-32(26-45)19-33(18-31)27-45)46-28-34-20-35(29-46)22-36(21-34)30-46/h7-16,23-24,31-36H,17-22,25-30,49-50H2,1-6H3. The van der Waals surface area contributed by atoms with E-state index in [9.17, 15) is 0 Å². The van der Waals surface area contributed by atoms with Crippen molar-refractivity contribution in [2.75, 3.05) is 0 Å². The monoisotopic (exact) mass is 702 g/mol. The van der Waals surface area contributed by atoms with E-state index in [1.165, 1.54) is 99.3 Å². The third-order valence-corrected chi connectivity index (χ3v) is 19.9. The summed E-state index contributed by atoms with van der Waals surface area (Å²) in [6, 6.07) is 28.4. The van der Waals surface area contributed by atoms with Gasteiger partial charge in [-0.1, -0.05) is 102 Å². The number of hydrogen-bond acceptors (Lipinski definition) is 0. The smallest absolute Gasteiger partial charge is 0.0213 e. The minimum absolute atomic E-state index is 0.0292. The molecule has 0 nitrogen and oxygen atoms in total. The molecule has 8 fully saturated rings. The fraction of sp³-hybridized carbons (Fsp3) is 0.625. The van der Waals surface area contributed by atoms with Crippen molar-refractivity contribution in [1.82, 2.24) is 0 Å². The summed E-state index contributed by atoms with van der Waals surface area (Å²) in [6.07, 6.45) is 17.8. The summed E-state index contributed by atoms with van der Waals surface area (Å²) < 4.78 is 0. The molecular weight excluding hydrogens is 638 g/mol. The van der Waals surface area contributed by atoms with Gasteiger partial charge >= 0.3 is 0 Å². The highest BCUT2D eigenvalue weighted by molar-refractivity contribution is 7.19. The Balaban J connectivity index is 1.41. The molecule has 3 aromatic carbocycles. The minimum Gasteiger partial charge on any atom is -0.125 e. The van der Waals surface area contributed by atoms with Crippen molar-refractivity contribution in [1.29, 1.82) is 0 Å². The summed E-state index contributed by atoms with van der Waals surface area (Å²) in [5.74, 6) is 5.59. The Labute approximate surface area is 309 Å². The van der Waals surface area contributed by atoms with Gasteiger partial charge in [0.1, 0.15) is 0 Å². The Hall–Kier alpha value is -1.48. The summed E-state index contributed by atoms with van der Waals surface area (Å²) in [5, 5.41) is -0.0844. The predicted molar refractivity (Wildman–Crippen MR) is 220 cm³/mol. The van der Waals surface area contributed by atoms with Crippen molar-refractivity contribution >= 4 is 18.5 Å². The summed E-state index contributed by atoms with van der Waals surface area (Å²) in [5.41, 5.74) is 9.67. The molecule has 0 radical (unpaired) electrons. The molecule has 11 rings (SSSR count). The van der Waals surface area contributed by atoms with Crippen LogP contribution in [-0.4, -0.2) is 0 Å². The van der Waals surface area contributed by atoms with E-state index in [0.717, 1.165) is 35.5 Å².